The van der Waals surface area contributed by atoms with Crippen molar-refractivity contribution in [2.24, 2.45) is 11.7 Å². The molecule has 0 aliphatic heterocycles. The number of primary amides is 1. The van der Waals surface area contributed by atoms with Crippen LogP contribution in [0, 0.1) is 5.92 Å². The molecule has 0 radical (unpaired) electrons. The second-order valence-electron chi connectivity index (χ2n) is 5.26. The van der Waals surface area contributed by atoms with Crippen LogP contribution in [0.15, 0.2) is 23.3 Å². The van der Waals surface area contributed by atoms with Gasteiger partial charge in [-0.1, -0.05) is 37.0 Å². The van der Waals surface area contributed by atoms with E-state index in [1.807, 2.05) is 13.8 Å². The normalized spacial score (nSPS) is 12.8. The van der Waals surface area contributed by atoms with Crippen LogP contribution in [0.25, 0.3) is 10.9 Å². The minimum Gasteiger partial charge on any atom is -0.368 e. The van der Waals surface area contributed by atoms with Crippen molar-refractivity contribution in [3.05, 3.63) is 38.9 Å². The number of hydrogen-bond donors (Lipinski definition) is 1. The largest absolute Gasteiger partial charge is 0.368 e. The van der Waals surface area contributed by atoms with Gasteiger partial charge in [0.15, 0.2) is 0 Å². The number of aromatic nitrogens is 2. The van der Waals surface area contributed by atoms with Crippen LogP contribution in [-0.2, 0) is 4.79 Å². The van der Waals surface area contributed by atoms with E-state index < -0.39 is 17.5 Å². The van der Waals surface area contributed by atoms with Gasteiger partial charge < -0.3 is 5.73 Å². The zero-order valence-electron chi connectivity index (χ0n) is 11.6. The molecule has 0 fully saturated rings. The van der Waals surface area contributed by atoms with Crippen LogP contribution >= 0.6 is 23.2 Å². The van der Waals surface area contributed by atoms with Crippen LogP contribution < -0.4 is 11.3 Å². The highest BCUT2D eigenvalue weighted by Crippen LogP contribution is 2.26. The van der Waals surface area contributed by atoms with Crippen molar-refractivity contribution in [3.8, 4) is 0 Å². The molecule has 112 valence electrons. The molecule has 0 saturated heterocycles. The summed E-state index contributed by atoms with van der Waals surface area (Å²) in [5.74, 6) is -0.384. The SMILES string of the molecule is CC(C)C[C@@H](C(N)=O)n1cnc2c(Cl)ccc(Cl)c2c1=O. The maximum absolute atomic E-state index is 12.6. The average Bonchev–Trinajstić information content (AvgIpc) is 2.40. The Morgan fingerprint density at radius 1 is 1.33 bits per heavy atom. The van der Waals surface area contributed by atoms with Gasteiger partial charge >= 0.3 is 0 Å². The molecule has 0 aliphatic rings. The quantitative estimate of drug-likeness (QED) is 0.937. The summed E-state index contributed by atoms with van der Waals surface area (Å²) in [6.07, 6.45) is 1.74. The third kappa shape index (κ3) is 3.04. The fraction of sp³-hybridized carbons (Fsp3) is 0.357. The van der Waals surface area contributed by atoms with E-state index >= 15 is 0 Å². The van der Waals surface area contributed by atoms with Crippen LogP contribution in [0.5, 0.6) is 0 Å². The molecule has 0 unspecified atom stereocenters. The third-order valence-corrected chi connectivity index (χ3v) is 3.82. The summed E-state index contributed by atoms with van der Waals surface area (Å²) in [6.45, 7) is 3.89. The van der Waals surface area contributed by atoms with E-state index in [4.69, 9.17) is 28.9 Å². The van der Waals surface area contributed by atoms with Crippen molar-refractivity contribution < 1.29 is 4.79 Å². The Bertz CT molecular complexity index is 756. The van der Waals surface area contributed by atoms with Crippen LogP contribution in [0.3, 0.4) is 0 Å². The summed E-state index contributed by atoms with van der Waals surface area (Å²) in [4.78, 5) is 28.4. The number of carbonyl (C=O) groups is 1. The first-order valence-corrected chi connectivity index (χ1v) is 7.22. The number of nitrogens with zero attached hydrogens (tertiary/aromatic N) is 2. The van der Waals surface area contributed by atoms with Crippen molar-refractivity contribution in [1.29, 1.82) is 0 Å². The van der Waals surface area contributed by atoms with E-state index in [2.05, 4.69) is 4.98 Å². The number of carbonyl (C=O) groups excluding carboxylic acids is 1. The van der Waals surface area contributed by atoms with E-state index in [1.165, 1.54) is 17.0 Å². The zero-order chi connectivity index (χ0) is 15.7. The molecule has 0 saturated carbocycles. The fourth-order valence-corrected chi connectivity index (χ4v) is 2.65. The van der Waals surface area contributed by atoms with Crippen molar-refractivity contribution in [1.82, 2.24) is 9.55 Å². The molecule has 2 aromatic rings. The van der Waals surface area contributed by atoms with E-state index in [-0.39, 0.29) is 16.3 Å². The maximum Gasteiger partial charge on any atom is 0.263 e. The van der Waals surface area contributed by atoms with E-state index in [0.717, 1.165) is 0 Å². The Morgan fingerprint density at radius 3 is 2.52 bits per heavy atom. The Labute approximate surface area is 131 Å². The monoisotopic (exact) mass is 327 g/mol. The number of benzene rings is 1. The van der Waals surface area contributed by atoms with Crippen molar-refractivity contribution in [3.63, 3.8) is 0 Å². The van der Waals surface area contributed by atoms with Crippen molar-refractivity contribution >= 4 is 40.0 Å². The number of nitrogens with two attached hydrogens (primary N) is 1. The molecule has 2 rings (SSSR count). The molecular weight excluding hydrogens is 313 g/mol. The Morgan fingerprint density at radius 2 is 1.95 bits per heavy atom. The van der Waals surface area contributed by atoms with Gasteiger partial charge in [0.2, 0.25) is 5.91 Å². The molecule has 0 aliphatic carbocycles. The van der Waals surface area contributed by atoms with Crippen molar-refractivity contribution in [2.45, 2.75) is 26.3 Å². The second kappa shape index (κ2) is 6.03. The highest BCUT2D eigenvalue weighted by molar-refractivity contribution is 6.39. The molecule has 1 aromatic carbocycles. The van der Waals surface area contributed by atoms with Gasteiger partial charge in [0.1, 0.15) is 6.04 Å². The maximum atomic E-state index is 12.6. The molecule has 0 bridgehead atoms. The lowest BCUT2D eigenvalue weighted by Crippen LogP contribution is -2.35. The number of halogens is 2. The number of fused-ring (bicyclic) bond motifs is 1. The molecule has 2 N–H and O–H groups in total. The third-order valence-electron chi connectivity index (χ3n) is 3.20. The molecule has 1 aromatic heterocycles. The zero-order valence-corrected chi connectivity index (χ0v) is 13.1. The molecule has 21 heavy (non-hydrogen) atoms. The number of rotatable bonds is 4. The van der Waals surface area contributed by atoms with Crippen LogP contribution in [0.2, 0.25) is 10.0 Å². The van der Waals surface area contributed by atoms with Gasteiger partial charge in [-0.15, -0.1) is 0 Å². The Balaban J connectivity index is 2.71. The number of hydrogen-bond acceptors (Lipinski definition) is 3. The summed E-state index contributed by atoms with van der Waals surface area (Å²) in [5.41, 5.74) is 5.31. The lowest BCUT2D eigenvalue weighted by atomic mass is 10.0. The van der Waals surface area contributed by atoms with Gasteiger partial charge in [-0.2, -0.15) is 0 Å². The number of amides is 1. The van der Waals surface area contributed by atoms with Gasteiger partial charge in [0.05, 0.1) is 27.3 Å². The fourth-order valence-electron chi connectivity index (χ4n) is 2.21. The molecular formula is C14H15Cl2N3O2. The van der Waals surface area contributed by atoms with Crippen LogP contribution in [-0.4, -0.2) is 15.5 Å². The smallest absolute Gasteiger partial charge is 0.263 e. The molecule has 1 heterocycles. The molecule has 7 heteroatoms. The summed E-state index contributed by atoms with van der Waals surface area (Å²) in [7, 11) is 0. The predicted molar refractivity (Wildman–Crippen MR) is 83.7 cm³/mol. The van der Waals surface area contributed by atoms with E-state index in [1.54, 1.807) is 6.07 Å². The lowest BCUT2D eigenvalue weighted by molar-refractivity contribution is -0.121. The summed E-state index contributed by atoms with van der Waals surface area (Å²) >= 11 is 12.1. The van der Waals surface area contributed by atoms with E-state index in [9.17, 15) is 9.59 Å². The molecule has 0 spiro atoms. The Hall–Kier alpha value is -1.59. The lowest BCUT2D eigenvalue weighted by Gasteiger charge is -2.18. The van der Waals surface area contributed by atoms with Gasteiger partial charge in [-0.3, -0.25) is 14.2 Å². The molecule has 1 atom stereocenters. The van der Waals surface area contributed by atoms with Crippen LogP contribution in [0.4, 0.5) is 0 Å². The Kier molecular flexibility index (Phi) is 4.54. The summed E-state index contributed by atoms with van der Waals surface area (Å²) < 4.78 is 1.23. The topological polar surface area (TPSA) is 78.0 Å². The first kappa shape index (κ1) is 15.8. The molecule has 1 amide bonds. The average molecular weight is 328 g/mol. The van der Waals surface area contributed by atoms with Crippen molar-refractivity contribution in [2.75, 3.05) is 0 Å². The minimum absolute atomic E-state index is 0.194. The summed E-state index contributed by atoms with van der Waals surface area (Å²) in [5, 5.41) is 0.772. The van der Waals surface area contributed by atoms with Gasteiger partial charge in [0, 0.05) is 0 Å². The molecule has 5 nitrogen and oxygen atoms in total. The first-order chi connectivity index (χ1) is 9.82. The first-order valence-electron chi connectivity index (χ1n) is 6.47. The van der Waals surface area contributed by atoms with Gasteiger partial charge in [-0.05, 0) is 24.5 Å². The van der Waals surface area contributed by atoms with Crippen LogP contribution in [0.1, 0.15) is 26.3 Å². The standard InChI is InChI=1S/C14H15Cl2N3O2/c1-7(2)5-10(13(17)20)19-6-18-12-9(16)4-3-8(15)11(12)14(19)21/h3-4,6-7,10H,5H2,1-2H3,(H2,17,20)/t10-/m0/s1. The highest BCUT2D eigenvalue weighted by atomic mass is 35.5. The van der Waals surface area contributed by atoms with Gasteiger partial charge in [0.25, 0.3) is 5.56 Å². The summed E-state index contributed by atoms with van der Waals surface area (Å²) in [6, 6.07) is 2.34. The predicted octanol–water partition coefficient (Wildman–Crippen LogP) is 2.78. The second-order valence-corrected chi connectivity index (χ2v) is 6.07. The van der Waals surface area contributed by atoms with E-state index in [0.29, 0.717) is 17.0 Å². The highest BCUT2D eigenvalue weighted by Gasteiger charge is 2.22. The minimum atomic E-state index is -0.760. The van der Waals surface area contributed by atoms with Gasteiger partial charge in [-0.25, -0.2) is 4.98 Å².